The molecule has 0 radical (unpaired) electrons. The fourth-order valence-electron chi connectivity index (χ4n) is 2.71. The topological polar surface area (TPSA) is 58.6 Å². The van der Waals surface area contributed by atoms with Gasteiger partial charge in [0.25, 0.3) is 5.91 Å². The molecule has 20 heavy (non-hydrogen) atoms. The Kier molecular flexibility index (Phi) is 3.40. The molecule has 6 heteroatoms. The highest BCUT2D eigenvalue weighted by atomic mass is 35.5. The average Bonchev–Trinajstić information content (AvgIpc) is 2.63. The monoisotopic (exact) mass is 313 g/mol. The van der Waals surface area contributed by atoms with Crippen LogP contribution in [0.15, 0.2) is 24.0 Å². The summed E-state index contributed by atoms with van der Waals surface area (Å²) in [5.74, 6) is -0.261. The maximum absolute atomic E-state index is 12.2. The predicted octanol–water partition coefficient (Wildman–Crippen LogP) is 2.94. The van der Waals surface area contributed by atoms with Crippen molar-refractivity contribution in [2.24, 2.45) is 0 Å². The summed E-state index contributed by atoms with van der Waals surface area (Å²) in [6, 6.07) is 4.85. The zero-order valence-corrected chi connectivity index (χ0v) is 12.1. The number of amides is 1. The SMILES string of the molecule is O=C1NC2(CCOCC2)C(O)=C1c1ccc(Cl)cc1Cl. The van der Waals surface area contributed by atoms with E-state index in [2.05, 4.69) is 5.32 Å². The molecule has 0 saturated carbocycles. The lowest BCUT2D eigenvalue weighted by molar-refractivity contribution is -0.117. The maximum Gasteiger partial charge on any atom is 0.256 e. The van der Waals surface area contributed by atoms with Crippen molar-refractivity contribution in [3.63, 3.8) is 0 Å². The lowest BCUT2D eigenvalue weighted by Crippen LogP contribution is -2.48. The van der Waals surface area contributed by atoms with Crippen LogP contribution < -0.4 is 5.32 Å². The van der Waals surface area contributed by atoms with Crippen molar-refractivity contribution in [2.75, 3.05) is 13.2 Å². The lowest BCUT2D eigenvalue weighted by atomic mass is 9.88. The van der Waals surface area contributed by atoms with Gasteiger partial charge >= 0.3 is 0 Å². The third kappa shape index (κ3) is 2.08. The zero-order valence-electron chi connectivity index (χ0n) is 10.6. The van der Waals surface area contributed by atoms with E-state index in [9.17, 15) is 9.90 Å². The molecule has 2 heterocycles. The fourth-order valence-corrected chi connectivity index (χ4v) is 3.21. The molecule has 1 aromatic rings. The van der Waals surface area contributed by atoms with E-state index in [0.717, 1.165) is 0 Å². The minimum atomic E-state index is -0.715. The van der Waals surface area contributed by atoms with Gasteiger partial charge < -0.3 is 15.2 Å². The van der Waals surface area contributed by atoms with Gasteiger partial charge in [-0.25, -0.2) is 0 Å². The molecule has 0 atom stereocenters. The minimum Gasteiger partial charge on any atom is -0.509 e. The van der Waals surface area contributed by atoms with Crippen LogP contribution in [0.1, 0.15) is 18.4 Å². The molecule has 1 amide bonds. The number of aliphatic hydroxyl groups is 1. The number of carbonyl (C=O) groups is 1. The first-order valence-electron chi connectivity index (χ1n) is 6.33. The van der Waals surface area contributed by atoms with Gasteiger partial charge in [-0.15, -0.1) is 0 Å². The van der Waals surface area contributed by atoms with Gasteiger partial charge in [0.05, 0.1) is 10.6 Å². The van der Waals surface area contributed by atoms with E-state index in [0.29, 0.717) is 41.7 Å². The second-order valence-electron chi connectivity index (χ2n) is 5.00. The Bertz CT molecular complexity index is 606. The number of rotatable bonds is 1. The Labute approximate surface area is 126 Å². The standard InChI is InChI=1S/C14H13Cl2NO3/c15-8-1-2-9(10(16)7-8)11-12(18)14(17-13(11)19)3-5-20-6-4-14/h1-2,7,18H,3-6H2,(H,17,19). The molecular weight excluding hydrogens is 301 g/mol. The lowest BCUT2D eigenvalue weighted by Gasteiger charge is -2.33. The van der Waals surface area contributed by atoms with Gasteiger partial charge in [-0.1, -0.05) is 29.3 Å². The van der Waals surface area contributed by atoms with E-state index in [-0.39, 0.29) is 17.2 Å². The summed E-state index contributed by atoms with van der Waals surface area (Å²) in [5.41, 5.74) is 0.0103. The van der Waals surface area contributed by atoms with Crippen LogP contribution in [0, 0.1) is 0 Å². The van der Waals surface area contributed by atoms with Crippen molar-refractivity contribution in [2.45, 2.75) is 18.4 Å². The Morgan fingerprint density at radius 2 is 1.95 bits per heavy atom. The van der Waals surface area contributed by atoms with E-state index in [1.165, 1.54) is 0 Å². The zero-order chi connectivity index (χ0) is 14.3. The quantitative estimate of drug-likeness (QED) is 0.838. The average molecular weight is 314 g/mol. The van der Waals surface area contributed by atoms with Crippen LogP contribution in [0.2, 0.25) is 10.0 Å². The molecule has 0 bridgehead atoms. The molecule has 4 nitrogen and oxygen atoms in total. The normalized spacial score (nSPS) is 21.4. The third-order valence-electron chi connectivity index (χ3n) is 3.82. The highest BCUT2D eigenvalue weighted by Crippen LogP contribution is 2.40. The first-order chi connectivity index (χ1) is 9.53. The molecule has 2 aliphatic rings. The number of halogens is 2. The third-order valence-corrected chi connectivity index (χ3v) is 4.36. The van der Waals surface area contributed by atoms with Gasteiger partial charge in [-0.05, 0) is 12.1 Å². The summed E-state index contributed by atoms with van der Waals surface area (Å²) >= 11 is 12.0. The van der Waals surface area contributed by atoms with Crippen LogP contribution in [0.3, 0.4) is 0 Å². The Balaban J connectivity index is 2.09. The molecule has 0 aromatic heterocycles. The molecule has 2 aliphatic heterocycles. The van der Waals surface area contributed by atoms with E-state index < -0.39 is 5.54 Å². The molecule has 1 fully saturated rings. The van der Waals surface area contributed by atoms with Crippen molar-refractivity contribution in [1.82, 2.24) is 5.32 Å². The van der Waals surface area contributed by atoms with Crippen molar-refractivity contribution in [3.8, 4) is 0 Å². The van der Waals surface area contributed by atoms with Crippen LogP contribution in [-0.2, 0) is 9.53 Å². The van der Waals surface area contributed by atoms with Crippen LogP contribution in [-0.4, -0.2) is 29.8 Å². The van der Waals surface area contributed by atoms with Crippen molar-refractivity contribution >= 4 is 34.7 Å². The second-order valence-corrected chi connectivity index (χ2v) is 5.84. The number of aliphatic hydroxyl groups excluding tert-OH is 1. The van der Waals surface area contributed by atoms with Crippen molar-refractivity contribution in [1.29, 1.82) is 0 Å². The maximum atomic E-state index is 12.2. The van der Waals surface area contributed by atoms with Crippen molar-refractivity contribution in [3.05, 3.63) is 39.6 Å². The largest absolute Gasteiger partial charge is 0.509 e. The number of carbonyl (C=O) groups excluding carboxylic acids is 1. The number of nitrogens with one attached hydrogen (secondary N) is 1. The Morgan fingerprint density at radius 3 is 2.60 bits per heavy atom. The molecule has 3 rings (SSSR count). The van der Waals surface area contributed by atoms with Crippen LogP contribution >= 0.6 is 23.2 Å². The summed E-state index contributed by atoms with van der Waals surface area (Å²) in [6.07, 6.45) is 1.11. The van der Waals surface area contributed by atoms with Gasteiger partial charge in [0.15, 0.2) is 0 Å². The molecule has 1 spiro atoms. The molecule has 1 saturated heterocycles. The highest BCUT2D eigenvalue weighted by molar-refractivity contribution is 6.37. The number of benzene rings is 1. The fraction of sp³-hybridized carbons (Fsp3) is 0.357. The van der Waals surface area contributed by atoms with Gasteiger partial charge in [-0.3, -0.25) is 4.79 Å². The number of hydrogen-bond donors (Lipinski definition) is 2. The van der Waals surface area contributed by atoms with E-state index in [1.807, 2.05) is 0 Å². The summed E-state index contributed by atoms with van der Waals surface area (Å²) in [4.78, 5) is 12.2. The van der Waals surface area contributed by atoms with Gasteiger partial charge in [-0.2, -0.15) is 0 Å². The Hall–Kier alpha value is -1.23. The second kappa shape index (κ2) is 4.95. The van der Waals surface area contributed by atoms with Gasteiger partial charge in [0, 0.05) is 36.6 Å². The first-order valence-corrected chi connectivity index (χ1v) is 7.08. The van der Waals surface area contributed by atoms with E-state index >= 15 is 0 Å². The summed E-state index contributed by atoms with van der Waals surface area (Å²) in [6.45, 7) is 1.01. The predicted molar refractivity (Wildman–Crippen MR) is 76.9 cm³/mol. The molecule has 1 aromatic carbocycles. The first kappa shape index (κ1) is 13.7. The van der Waals surface area contributed by atoms with Gasteiger partial charge in [0.2, 0.25) is 0 Å². The Morgan fingerprint density at radius 1 is 1.25 bits per heavy atom. The van der Waals surface area contributed by atoms with Crippen LogP contribution in [0.5, 0.6) is 0 Å². The van der Waals surface area contributed by atoms with Crippen molar-refractivity contribution < 1.29 is 14.6 Å². The number of hydrogen-bond acceptors (Lipinski definition) is 3. The van der Waals surface area contributed by atoms with Gasteiger partial charge in [0.1, 0.15) is 11.3 Å². The van der Waals surface area contributed by atoms with E-state index in [1.54, 1.807) is 18.2 Å². The molecular formula is C14H13Cl2NO3. The molecule has 106 valence electrons. The van der Waals surface area contributed by atoms with Crippen LogP contribution in [0.25, 0.3) is 5.57 Å². The van der Waals surface area contributed by atoms with Crippen LogP contribution in [0.4, 0.5) is 0 Å². The molecule has 0 unspecified atom stereocenters. The smallest absolute Gasteiger partial charge is 0.256 e. The summed E-state index contributed by atoms with van der Waals surface area (Å²) in [5, 5.41) is 14.2. The van der Waals surface area contributed by atoms with E-state index in [4.69, 9.17) is 27.9 Å². The summed E-state index contributed by atoms with van der Waals surface area (Å²) < 4.78 is 5.29. The minimum absolute atomic E-state index is 0.0509. The number of ether oxygens (including phenoxy) is 1. The molecule has 0 aliphatic carbocycles. The summed E-state index contributed by atoms with van der Waals surface area (Å²) in [7, 11) is 0. The molecule has 2 N–H and O–H groups in total. The highest BCUT2D eigenvalue weighted by Gasteiger charge is 2.47.